The number of benzene rings is 2. The molecule has 0 spiro atoms. The summed E-state index contributed by atoms with van der Waals surface area (Å²) in [7, 11) is 0. The van der Waals surface area contributed by atoms with Crippen LogP contribution in [0.2, 0.25) is 0 Å². The van der Waals surface area contributed by atoms with Crippen molar-refractivity contribution in [3.63, 3.8) is 0 Å². The number of nitrogens with zero attached hydrogens (tertiary/aromatic N) is 2. The maximum atomic E-state index is 13.2. The highest BCUT2D eigenvalue weighted by Gasteiger charge is 2.48. The van der Waals surface area contributed by atoms with Gasteiger partial charge >= 0.3 is 5.91 Å². The standard InChI is InChI=1S/C26H26N2O3S/c1-14(2)18-10-12-19(13-11-18)22-21(23(29)20-8-6-15(3)7-9-20)24(30)25(31)28(22)26-27-16(4)17(5)32-26/h6-14,22,29H,1-5H3/b23-21+/t22-/m0/s1. The van der Waals surface area contributed by atoms with Gasteiger partial charge in [0.05, 0.1) is 17.3 Å². The van der Waals surface area contributed by atoms with Crippen LogP contribution in [0, 0.1) is 20.8 Å². The lowest BCUT2D eigenvalue weighted by Gasteiger charge is -2.23. The zero-order valence-electron chi connectivity index (χ0n) is 18.8. The SMILES string of the molecule is Cc1ccc(/C(O)=C2\C(=O)C(=O)N(c3nc(C)c(C)s3)[C@H]2c2ccc(C(C)C)cc2)cc1. The summed E-state index contributed by atoms with van der Waals surface area (Å²) < 4.78 is 0. The van der Waals surface area contributed by atoms with Crippen molar-refractivity contribution in [3.8, 4) is 0 Å². The van der Waals surface area contributed by atoms with Crippen LogP contribution in [0.1, 0.15) is 58.6 Å². The van der Waals surface area contributed by atoms with E-state index in [9.17, 15) is 14.7 Å². The van der Waals surface area contributed by atoms with Crippen molar-refractivity contribution in [1.82, 2.24) is 4.98 Å². The number of aromatic nitrogens is 1. The normalized spacial score (nSPS) is 18.1. The highest BCUT2D eigenvalue weighted by atomic mass is 32.1. The summed E-state index contributed by atoms with van der Waals surface area (Å²) in [6.07, 6.45) is 0. The van der Waals surface area contributed by atoms with Crippen LogP contribution in [0.15, 0.2) is 54.1 Å². The lowest BCUT2D eigenvalue weighted by atomic mass is 9.93. The molecule has 0 radical (unpaired) electrons. The summed E-state index contributed by atoms with van der Waals surface area (Å²) in [5.41, 5.74) is 4.36. The number of ketones is 1. The molecule has 32 heavy (non-hydrogen) atoms. The molecule has 0 aliphatic carbocycles. The highest BCUT2D eigenvalue weighted by Crippen LogP contribution is 2.43. The average Bonchev–Trinajstić information content (AvgIpc) is 3.23. The van der Waals surface area contributed by atoms with Gasteiger partial charge in [0.25, 0.3) is 5.78 Å². The van der Waals surface area contributed by atoms with Crippen LogP contribution in [0.5, 0.6) is 0 Å². The molecule has 4 rings (SSSR count). The maximum absolute atomic E-state index is 13.2. The van der Waals surface area contributed by atoms with Crippen molar-refractivity contribution >= 4 is 33.9 Å². The van der Waals surface area contributed by atoms with Crippen LogP contribution in [0.25, 0.3) is 5.76 Å². The Kier molecular flexibility index (Phi) is 5.73. The van der Waals surface area contributed by atoms with Gasteiger partial charge in [-0.15, -0.1) is 11.3 Å². The molecule has 0 saturated carbocycles. The van der Waals surface area contributed by atoms with Gasteiger partial charge in [0.15, 0.2) is 5.13 Å². The van der Waals surface area contributed by atoms with Crippen molar-refractivity contribution in [2.24, 2.45) is 0 Å². The second kappa shape index (κ2) is 8.36. The van der Waals surface area contributed by atoms with E-state index >= 15 is 0 Å². The topological polar surface area (TPSA) is 70.5 Å². The summed E-state index contributed by atoms with van der Waals surface area (Å²) in [6.45, 7) is 9.99. The number of Topliss-reactive ketones (excluding diaryl/α,β-unsaturated/α-hetero) is 1. The molecule has 1 amide bonds. The number of carbonyl (C=O) groups excluding carboxylic acids is 2. The Morgan fingerprint density at radius 2 is 1.62 bits per heavy atom. The van der Waals surface area contributed by atoms with Gasteiger partial charge in [-0.2, -0.15) is 0 Å². The molecular formula is C26H26N2O3S. The van der Waals surface area contributed by atoms with E-state index in [0.29, 0.717) is 16.6 Å². The van der Waals surface area contributed by atoms with Gasteiger partial charge in [0.2, 0.25) is 0 Å². The third-order valence-corrected chi connectivity index (χ3v) is 6.98. The Hall–Kier alpha value is -3.25. The largest absolute Gasteiger partial charge is 0.507 e. The number of thiazole rings is 1. The van der Waals surface area contributed by atoms with Crippen LogP contribution in [0.3, 0.4) is 0 Å². The number of rotatable bonds is 4. The number of aliphatic hydroxyl groups is 1. The van der Waals surface area contributed by atoms with Crippen molar-refractivity contribution in [1.29, 1.82) is 0 Å². The zero-order valence-corrected chi connectivity index (χ0v) is 19.7. The third-order valence-electron chi connectivity index (χ3n) is 5.91. The number of amides is 1. The van der Waals surface area contributed by atoms with E-state index in [1.807, 2.05) is 57.2 Å². The molecule has 1 fully saturated rings. The van der Waals surface area contributed by atoms with Crippen molar-refractivity contribution in [2.45, 2.75) is 46.6 Å². The molecule has 1 aliphatic heterocycles. The number of aryl methyl sites for hydroxylation is 3. The van der Waals surface area contributed by atoms with E-state index in [-0.39, 0.29) is 11.3 Å². The molecule has 0 unspecified atom stereocenters. The highest BCUT2D eigenvalue weighted by molar-refractivity contribution is 7.16. The fourth-order valence-corrected chi connectivity index (χ4v) is 4.77. The first-order valence-corrected chi connectivity index (χ1v) is 11.4. The van der Waals surface area contributed by atoms with E-state index < -0.39 is 17.7 Å². The lowest BCUT2D eigenvalue weighted by molar-refractivity contribution is -0.132. The van der Waals surface area contributed by atoms with Crippen LogP contribution in [0.4, 0.5) is 5.13 Å². The summed E-state index contributed by atoms with van der Waals surface area (Å²) in [4.78, 5) is 33.3. The van der Waals surface area contributed by atoms with Gasteiger partial charge in [-0.1, -0.05) is 67.9 Å². The molecule has 5 nitrogen and oxygen atoms in total. The quantitative estimate of drug-likeness (QED) is 0.311. The molecule has 3 aromatic rings. The Morgan fingerprint density at radius 1 is 1.00 bits per heavy atom. The minimum atomic E-state index is -0.748. The van der Waals surface area contributed by atoms with E-state index in [2.05, 4.69) is 18.8 Å². The van der Waals surface area contributed by atoms with E-state index in [1.165, 1.54) is 16.2 Å². The first-order valence-electron chi connectivity index (χ1n) is 10.6. The van der Waals surface area contributed by atoms with Crippen LogP contribution in [-0.2, 0) is 9.59 Å². The van der Waals surface area contributed by atoms with Gasteiger partial charge in [-0.3, -0.25) is 14.5 Å². The number of hydrogen-bond donors (Lipinski definition) is 1. The van der Waals surface area contributed by atoms with E-state index in [4.69, 9.17) is 0 Å². The van der Waals surface area contributed by atoms with Gasteiger partial charge in [0, 0.05) is 10.4 Å². The number of anilines is 1. The lowest BCUT2D eigenvalue weighted by Crippen LogP contribution is -2.29. The Labute approximate surface area is 192 Å². The molecule has 1 aromatic heterocycles. The van der Waals surface area contributed by atoms with Crippen molar-refractivity contribution < 1.29 is 14.7 Å². The summed E-state index contributed by atoms with van der Waals surface area (Å²) in [5, 5.41) is 11.6. The second-order valence-electron chi connectivity index (χ2n) is 8.49. The molecule has 2 heterocycles. The molecule has 1 N–H and O–H groups in total. The van der Waals surface area contributed by atoms with Crippen LogP contribution >= 0.6 is 11.3 Å². The van der Waals surface area contributed by atoms with Crippen molar-refractivity contribution in [3.05, 3.63) is 86.9 Å². The zero-order chi connectivity index (χ0) is 23.2. The smallest absolute Gasteiger partial charge is 0.301 e. The molecular weight excluding hydrogens is 420 g/mol. The van der Waals surface area contributed by atoms with E-state index in [1.54, 1.807) is 12.1 Å². The maximum Gasteiger partial charge on any atom is 0.301 e. The fraction of sp³-hybridized carbons (Fsp3) is 0.269. The fourth-order valence-electron chi connectivity index (χ4n) is 3.83. The second-order valence-corrected chi connectivity index (χ2v) is 9.68. The van der Waals surface area contributed by atoms with Gasteiger partial charge in [-0.05, 0) is 37.8 Å². The summed E-state index contributed by atoms with van der Waals surface area (Å²) >= 11 is 1.37. The van der Waals surface area contributed by atoms with Crippen LogP contribution in [-0.4, -0.2) is 21.8 Å². The minimum Gasteiger partial charge on any atom is -0.507 e. The Bertz CT molecular complexity index is 1200. The number of hydrogen-bond acceptors (Lipinski definition) is 5. The van der Waals surface area contributed by atoms with Gasteiger partial charge in [0.1, 0.15) is 5.76 Å². The molecule has 1 atom stereocenters. The predicted molar refractivity (Wildman–Crippen MR) is 128 cm³/mol. The Balaban J connectivity index is 1.92. The van der Waals surface area contributed by atoms with Gasteiger partial charge < -0.3 is 5.11 Å². The minimum absolute atomic E-state index is 0.0849. The number of carbonyl (C=O) groups is 2. The predicted octanol–water partition coefficient (Wildman–Crippen LogP) is 5.82. The molecule has 1 saturated heterocycles. The molecule has 2 aromatic carbocycles. The first kappa shape index (κ1) is 22.0. The molecule has 1 aliphatic rings. The summed E-state index contributed by atoms with van der Waals surface area (Å²) in [5.74, 6) is -1.20. The van der Waals surface area contributed by atoms with Crippen LogP contribution < -0.4 is 4.90 Å². The first-order chi connectivity index (χ1) is 15.2. The molecule has 6 heteroatoms. The molecule has 0 bridgehead atoms. The average molecular weight is 447 g/mol. The Morgan fingerprint density at radius 3 is 2.16 bits per heavy atom. The van der Waals surface area contributed by atoms with Crippen molar-refractivity contribution in [2.75, 3.05) is 4.90 Å². The molecule has 164 valence electrons. The summed E-state index contributed by atoms with van der Waals surface area (Å²) in [6, 6.07) is 14.4. The van der Waals surface area contributed by atoms with E-state index in [0.717, 1.165) is 27.3 Å². The van der Waals surface area contributed by atoms with Gasteiger partial charge in [-0.25, -0.2) is 4.98 Å². The monoisotopic (exact) mass is 446 g/mol. The third kappa shape index (κ3) is 3.75. The number of aliphatic hydroxyl groups excluding tert-OH is 1.